The molecule has 0 saturated carbocycles. The highest BCUT2D eigenvalue weighted by atomic mass is 19.4. The van der Waals surface area contributed by atoms with Gasteiger partial charge in [0.2, 0.25) is 17.9 Å². The zero-order chi connectivity index (χ0) is 26.9. The van der Waals surface area contributed by atoms with E-state index in [0.29, 0.717) is 56.0 Å². The number of rotatable bonds is 6. The number of carboxylic acids is 1. The van der Waals surface area contributed by atoms with Crippen LogP contribution >= 0.6 is 0 Å². The number of hydrogen-bond acceptors (Lipinski definition) is 9. The van der Waals surface area contributed by atoms with Crippen LogP contribution in [0.3, 0.4) is 0 Å². The first-order valence-electron chi connectivity index (χ1n) is 12.1. The number of nitrogens with zero attached hydrogens (tertiary/aromatic N) is 5. The van der Waals surface area contributed by atoms with Crippen molar-refractivity contribution in [3.8, 4) is 17.1 Å². The molecule has 2 aromatic heterocycles. The molecule has 1 aromatic carbocycles. The SMILES string of the molecule is Nc1nc(O[C@H](c2ccc(-c3ccncn3)cc2)C(F)(F)F)cc(N2CCC3(CC2)CN[C@H](C(=O)O)C3)n1. The number of hydrogen-bond donors (Lipinski definition) is 3. The molecule has 0 amide bonds. The van der Waals surface area contributed by atoms with Crippen LogP contribution in [0, 0.1) is 5.41 Å². The predicted octanol–water partition coefficient (Wildman–Crippen LogP) is 3.23. The second-order valence-electron chi connectivity index (χ2n) is 9.64. The van der Waals surface area contributed by atoms with Crippen molar-refractivity contribution in [1.29, 1.82) is 0 Å². The van der Waals surface area contributed by atoms with E-state index < -0.39 is 24.3 Å². The molecule has 3 aromatic rings. The van der Waals surface area contributed by atoms with Crippen LogP contribution in [0.15, 0.2) is 48.9 Å². The largest absolute Gasteiger partial charge is 0.480 e. The summed E-state index contributed by atoms with van der Waals surface area (Å²) in [6.45, 7) is 1.72. The summed E-state index contributed by atoms with van der Waals surface area (Å²) < 4.78 is 47.5. The maximum atomic E-state index is 14.0. The van der Waals surface area contributed by atoms with Crippen molar-refractivity contribution < 1.29 is 27.8 Å². The number of aromatic nitrogens is 4. The number of carboxylic acid groups (broad SMARTS) is 1. The lowest BCUT2D eigenvalue weighted by molar-refractivity contribution is -0.198. The molecule has 1 spiro atoms. The lowest BCUT2D eigenvalue weighted by Gasteiger charge is -2.39. The summed E-state index contributed by atoms with van der Waals surface area (Å²) in [6.07, 6.45) is -2.10. The van der Waals surface area contributed by atoms with Crippen LogP contribution in [-0.2, 0) is 4.79 Å². The van der Waals surface area contributed by atoms with E-state index in [1.54, 1.807) is 12.3 Å². The zero-order valence-corrected chi connectivity index (χ0v) is 20.2. The van der Waals surface area contributed by atoms with Crippen molar-refractivity contribution in [3.63, 3.8) is 0 Å². The quantitative estimate of drug-likeness (QED) is 0.436. The van der Waals surface area contributed by atoms with Crippen LogP contribution in [-0.4, -0.2) is 62.9 Å². The molecule has 0 radical (unpaired) electrons. The molecule has 0 bridgehead atoms. The van der Waals surface area contributed by atoms with Crippen molar-refractivity contribution in [1.82, 2.24) is 25.3 Å². The molecule has 2 fully saturated rings. The molecule has 5 rings (SSSR count). The van der Waals surface area contributed by atoms with Crippen LogP contribution in [0.2, 0.25) is 0 Å². The molecular weight excluding hydrogens is 503 g/mol. The minimum atomic E-state index is -4.72. The third-order valence-corrected chi connectivity index (χ3v) is 7.14. The second kappa shape index (κ2) is 10.0. The fourth-order valence-electron chi connectivity index (χ4n) is 5.07. The van der Waals surface area contributed by atoms with Gasteiger partial charge in [-0.1, -0.05) is 24.3 Å². The van der Waals surface area contributed by atoms with E-state index in [2.05, 4.69) is 25.3 Å². The topological polar surface area (TPSA) is 139 Å². The molecule has 4 heterocycles. The monoisotopic (exact) mass is 529 g/mol. The van der Waals surface area contributed by atoms with Gasteiger partial charge in [-0.3, -0.25) is 4.79 Å². The third-order valence-electron chi connectivity index (χ3n) is 7.14. The minimum absolute atomic E-state index is 0.101. The Hall–Kier alpha value is -4.00. The molecule has 2 atom stereocenters. The van der Waals surface area contributed by atoms with Crippen molar-refractivity contribution in [3.05, 3.63) is 54.5 Å². The Morgan fingerprint density at radius 1 is 1.18 bits per heavy atom. The Morgan fingerprint density at radius 2 is 1.92 bits per heavy atom. The van der Waals surface area contributed by atoms with Gasteiger partial charge in [0.1, 0.15) is 18.2 Å². The van der Waals surface area contributed by atoms with Crippen LogP contribution < -0.4 is 20.7 Å². The zero-order valence-electron chi connectivity index (χ0n) is 20.2. The van der Waals surface area contributed by atoms with E-state index in [9.17, 15) is 23.1 Å². The number of aliphatic carboxylic acids is 1. The van der Waals surface area contributed by atoms with E-state index in [1.807, 2.05) is 4.90 Å². The van der Waals surface area contributed by atoms with E-state index in [1.165, 1.54) is 36.7 Å². The van der Waals surface area contributed by atoms with Crippen LogP contribution in [0.4, 0.5) is 24.9 Å². The highest BCUT2D eigenvalue weighted by Crippen LogP contribution is 2.41. The fourth-order valence-corrected chi connectivity index (χ4v) is 5.07. The molecule has 4 N–H and O–H groups in total. The van der Waals surface area contributed by atoms with Crippen molar-refractivity contribution >= 4 is 17.7 Å². The third kappa shape index (κ3) is 5.47. The van der Waals surface area contributed by atoms with E-state index in [-0.39, 0.29) is 22.8 Å². The molecule has 0 unspecified atom stereocenters. The van der Waals surface area contributed by atoms with Gasteiger partial charge in [0.15, 0.2) is 0 Å². The number of piperidine rings is 1. The Kier molecular flexibility index (Phi) is 6.78. The normalized spacial score (nSPS) is 19.9. The summed E-state index contributed by atoms with van der Waals surface area (Å²) in [4.78, 5) is 29.3. The standard InChI is InChI=1S/C25H26F3N7O3/c26-25(27,28)21(16-3-1-15(2-4-16)17-5-8-30-14-32-17)38-20-11-19(33-23(29)34-20)35-9-6-24(7-10-35)12-18(22(36)37)31-13-24/h1-5,8,11,14,18,21,31H,6-7,9-10,12-13H2,(H,36,37)(H2,29,33,34)/t18-,21+/m0/s1. The van der Waals surface area contributed by atoms with Crippen LogP contribution in [0.5, 0.6) is 5.88 Å². The molecule has 200 valence electrons. The first-order valence-corrected chi connectivity index (χ1v) is 12.1. The summed E-state index contributed by atoms with van der Waals surface area (Å²) in [5.74, 6) is -0.990. The smallest absolute Gasteiger partial charge is 0.429 e. The highest BCUT2D eigenvalue weighted by Gasteiger charge is 2.45. The molecule has 2 aliphatic rings. The average molecular weight is 530 g/mol. The summed E-state index contributed by atoms with van der Waals surface area (Å²) in [6, 6.07) is 8.21. The number of anilines is 2. The summed E-state index contributed by atoms with van der Waals surface area (Å²) >= 11 is 0. The number of carbonyl (C=O) groups is 1. The highest BCUT2D eigenvalue weighted by molar-refractivity contribution is 5.74. The number of benzene rings is 1. The summed E-state index contributed by atoms with van der Waals surface area (Å²) in [5, 5.41) is 12.3. The van der Waals surface area contributed by atoms with E-state index in [0.717, 1.165) is 0 Å². The van der Waals surface area contributed by atoms with Gasteiger partial charge < -0.3 is 25.8 Å². The number of nitrogens with two attached hydrogens (primary N) is 1. The Bertz CT molecular complexity index is 1280. The van der Waals surface area contributed by atoms with Gasteiger partial charge in [0.25, 0.3) is 0 Å². The molecule has 10 nitrogen and oxygen atoms in total. The molecular formula is C25H26F3N7O3. The Balaban J connectivity index is 1.32. The van der Waals surface area contributed by atoms with Crippen molar-refractivity contribution in [2.45, 2.75) is 37.6 Å². The molecule has 0 aliphatic carbocycles. The number of alkyl halides is 3. The molecule has 2 aliphatic heterocycles. The number of ether oxygens (including phenoxy) is 1. The maximum Gasteiger partial charge on any atom is 0.429 e. The predicted molar refractivity (Wildman–Crippen MR) is 131 cm³/mol. The van der Waals surface area contributed by atoms with Crippen LogP contribution in [0.25, 0.3) is 11.3 Å². The lowest BCUT2D eigenvalue weighted by Crippen LogP contribution is -2.41. The Labute approximate surface area is 216 Å². The Morgan fingerprint density at radius 3 is 2.53 bits per heavy atom. The van der Waals surface area contributed by atoms with E-state index >= 15 is 0 Å². The minimum Gasteiger partial charge on any atom is -0.480 e. The van der Waals surface area contributed by atoms with Crippen LogP contribution in [0.1, 0.15) is 30.9 Å². The van der Waals surface area contributed by atoms with Gasteiger partial charge >= 0.3 is 12.1 Å². The molecule has 13 heteroatoms. The first-order chi connectivity index (χ1) is 18.1. The molecule has 38 heavy (non-hydrogen) atoms. The van der Waals surface area contributed by atoms with Gasteiger partial charge in [-0.2, -0.15) is 23.1 Å². The number of nitrogens with one attached hydrogen (secondary N) is 1. The first kappa shape index (κ1) is 25.6. The van der Waals surface area contributed by atoms with Crippen molar-refractivity contribution in [2.24, 2.45) is 5.41 Å². The number of nitrogen functional groups attached to an aromatic ring is 1. The summed E-state index contributed by atoms with van der Waals surface area (Å²) in [7, 11) is 0. The van der Waals surface area contributed by atoms with Gasteiger partial charge in [-0.15, -0.1) is 0 Å². The summed E-state index contributed by atoms with van der Waals surface area (Å²) in [5.41, 5.74) is 6.84. The van der Waals surface area contributed by atoms with Gasteiger partial charge in [-0.05, 0) is 30.7 Å². The van der Waals surface area contributed by atoms with Gasteiger partial charge in [0, 0.05) is 43.0 Å². The van der Waals surface area contributed by atoms with Gasteiger partial charge in [-0.25, -0.2) is 9.97 Å². The van der Waals surface area contributed by atoms with E-state index in [4.69, 9.17) is 10.5 Å². The lowest BCUT2D eigenvalue weighted by atomic mass is 9.76. The van der Waals surface area contributed by atoms with Crippen molar-refractivity contribution in [2.75, 3.05) is 30.3 Å². The average Bonchev–Trinajstić information content (AvgIpc) is 3.31. The molecule has 2 saturated heterocycles. The van der Waals surface area contributed by atoms with Gasteiger partial charge in [0.05, 0.1) is 5.69 Å². The number of halogens is 3. The maximum absolute atomic E-state index is 14.0. The fraction of sp³-hybridized carbons (Fsp3) is 0.400. The second-order valence-corrected chi connectivity index (χ2v) is 9.64.